The average molecular weight is 566 g/mol. The Hall–Kier alpha value is -3.98. The molecule has 4 rings (SSSR count). The lowest BCUT2D eigenvalue weighted by atomic mass is 9.80. The Morgan fingerprint density at radius 1 is 0.976 bits per heavy atom. The van der Waals surface area contributed by atoms with Gasteiger partial charge in [-0.15, -0.1) is 0 Å². The number of nitro benzene ring substituents is 1. The molecule has 9 heteroatoms. The molecule has 0 amide bonds. The molecule has 41 heavy (non-hydrogen) atoms. The van der Waals surface area contributed by atoms with Crippen LogP contribution in [0.2, 0.25) is 0 Å². The van der Waals surface area contributed by atoms with Crippen molar-refractivity contribution < 1.29 is 24.0 Å². The molecule has 0 aliphatic carbocycles. The number of nitrogens with one attached hydrogen (secondary N) is 1. The number of hydrogen-bond donors (Lipinski definition) is 1. The van der Waals surface area contributed by atoms with Crippen LogP contribution in [0.15, 0.2) is 77.1 Å². The number of esters is 2. The monoisotopic (exact) mass is 565 g/mol. The maximum absolute atomic E-state index is 13.7. The van der Waals surface area contributed by atoms with Crippen LogP contribution < -0.4 is 5.32 Å². The van der Waals surface area contributed by atoms with Crippen LogP contribution >= 0.6 is 0 Å². The fourth-order valence-electron chi connectivity index (χ4n) is 5.11. The van der Waals surface area contributed by atoms with Gasteiger partial charge in [0.05, 0.1) is 29.1 Å². The Balaban J connectivity index is 0.00000141. The van der Waals surface area contributed by atoms with Crippen LogP contribution in [0.1, 0.15) is 71.4 Å². The molecule has 0 saturated carbocycles. The highest BCUT2D eigenvalue weighted by Crippen LogP contribution is 2.40. The van der Waals surface area contributed by atoms with Crippen LogP contribution in [-0.2, 0) is 25.6 Å². The Bertz CT molecular complexity index is 1260. The normalized spacial score (nSPS) is 18.6. The molecular weight excluding hydrogens is 522 g/mol. The fraction of sp³-hybridized carbons (Fsp3) is 0.438. The van der Waals surface area contributed by atoms with Gasteiger partial charge in [-0.3, -0.25) is 15.0 Å². The number of rotatable bonds is 7. The predicted molar refractivity (Wildman–Crippen MR) is 160 cm³/mol. The van der Waals surface area contributed by atoms with E-state index in [2.05, 4.69) is 22.3 Å². The molecule has 0 radical (unpaired) electrons. The Morgan fingerprint density at radius 3 is 2.22 bits per heavy atom. The second kappa shape index (κ2) is 16.3. The van der Waals surface area contributed by atoms with E-state index in [1.807, 2.05) is 45.9 Å². The number of piperidine rings is 1. The first-order chi connectivity index (χ1) is 19.8. The Morgan fingerprint density at radius 2 is 1.61 bits per heavy atom. The summed E-state index contributed by atoms with van der Waals surface area (Å²) in [6, 6.07) is 16.1. The summed E-state index contributed by atoms with van der Waals surface area (Å²) in [6.45, 7) is 13.7. The van der Waals surface area contributed by atoms with Gasteiger partial charge in [-0.1, -0.05) is 70.2 Å². The van der Waals surface area contributed by atoms with Crippen molar-refractivity contribution >= 4 is 17.6 Å². The van der Waals surface area contributed by atoms with Gasteiger partial charge in [0.2, 0.25) is 0 Å². The van der Waals surface area contributed by atoms with Crippen LogP contribution in [0.4, 0.5) is 5.69 Å². The summed E-state index contributed by atoms with van der Waals surface area (Å²) in [5.74, 6) is -2.04. The van der Waals surface area contributed by atoms with E-state index in [1.165, 1.54) is 24.8 Å². The van der Waals surface area contributed by atoms with Crippen molar-refractivity contribution in [1.29, 1.82) is 0 Å². The number of dihydropyridines is 1. The molecule has 1 fully saturated rings. The van der Waals surface area contributed by atoms with Crippen LogP contribution in [0.3, 0.4) is 0 Å². The van der Waals surface area contributed by atoms with Crippen molar-refractivity contribution in [3.8, 4) is 0 Å². The van der Waals surface area contributed by atoms with E-state index >= 15 is 0 Å². The lowest BCUT2D eigenvalue weighted by Gasteiger charge is -2.34. The van der Waals surface area contributed by atoms with E-state index in [9.17, 15) is 19.7 Å². The molecule has 2 atom stereocenters. The van der Waals surface area contributed by atoms with E-state index in [4.69, 9.17) is 9.47 Å². The summed E-state index contributed by atoms with van der Waals surface area (Å²) in [7, 11) is 1.26. The van der Waals surface area contributed by atoms with E-state index in [-0.39, 0.29) is 22.9 Å². The number of carbonyl (C=O) groups excluding carboxylic acids is 2. The van der Waals surface area contributed by atoms with Crippen molar-refractivity contribution in [2.24, 2.45) is 0 Å². The zero-order chi connectivity index (χ0) is 30.5. The van der Waals surface area contributed by atoms with Gasteiger partial charge in [-0.2, -0.15) is 0 Å². The highest BCUT2D eigenvalue weighted by Gasteiger charge is 2.39. The Kier molecular flexibility index (Phi) is 13.2. The molecule has 2 aromatic carbocycles. The maximum atomic E-state index is 13.7. The number of benzene rings is 2. The number of methoxy groups -OCH3 is 1. The lowest BCUT2D eigenvalue weighted by molar-refractivity contribution is -0.384. The predicted octanol–water partition coefficient (Wildman–Crippen LogP) is 6.26. The summed E-state index contributed by atoms with van der Waals surface area (Å²) in [6.07, 6.45) is 1.31. The molecule has 2 aromatic rings. The third-order valence-corrected chi connectivity index (χ3v) is 6.78. The molecule has 2 aliphatic rings. The van der Waals surface area contributed by atoms with E-state index in [1.54, 1.807) is 26.0 Å². The zero-order valence-corrected chi connectivity index (χ0v) is 25.2. The zero-order valence-electron chi connectivity index (χ0n) is 25.2. The van der Waals surface area contributed by atoms with E-state index < -0.39 is 22.8 Å². The number of hydrogen-bond acceptors (Lipinski definition) is 8. The highest BCUT2D eigenvalue weighted by molar-refractivity contribution is 6.00. The van der Waals surface area contributed by atoms with Crippen molar-refractivity contribution in [2.45, 2.75) is 73.0 Å². The number of non-ortho nitro benzene ring substituents is 1. The summed E-state index contributed by atoms with van der Waals surface area (Å²) < 4.78 is 11.0. The first-order valence-electron chi connectivity index (χ1n) is 14.3. The first-order valence-corrected chi connectivity index (χ1v) is 14.3. The number of nitro groups is 1. The number of likely N-dealkylation sites (tertiary alicyclic amines) is 1. The van der Waals surface area contributed by atoms with Crippen molar-refractivity contribution in [3.05, 3.63) is 98.4 Å². The summed E-state index contributed by atoms with van der Waals surface area (Å²) in [4.78, 5) is 39.7. The molecule has 2 heterocycles. The topological polar surface area (TPSA) is 111 Å². The number of ether oxygens (including phenoxy) is 2. The lowest BCUT2D eigenvalue weighted by Crippen LogP contribution is -2.41. The van der Waals surface area contributed by atoms with Gasteiger partial charge < -0.3 is 14.8 Å². The molecule has 0 spiro atoms. The van der Waals surface area contributed by atoms with Gasteiger partial charge in [0.15, 0.2) is 0 Å². The molecule has 2 unspecified atom stereocenters. The second-order valence-electron chi connectivity index (χ2n) is 9.37. The van der Waals surface area contributed by atoms with Crippen LogP contribution in [0.25, 0.3) is 0 Å². The minimum atomic E-state index is -0.870. The van der Waals surface area contributed by atoms with Crippen LogP contribution in [0.5, 0.6) is 0 Å². The van der Waals surface area contributed by atoms with Crippen LogP contribution in [0, 0.1) is 10.1 Å². The number of carbonyl (C=O) groups is 2. The quantitative estimate of drug-likeness (QED) is 0.238. The van der Waals surface area contributed by atoms with Gasteiger partial charge >= 0.3 is 11.9 Å². The maximum Gasteiger partial charge on any atom is 0.337 e. The van der Waals surface area contributed by atoms with Gasteiger partial charge in [-0.05, 0) is 44.4 Å². The third-order valence-electron chi connectivity index (χ3n) is 6.78. The molecule has 1 N–H and O–H groups in total. The van der Waals surface area contributed by atoms with Gasteiger partial charge in [0.25, 0.3) is 5.69 Å². The minimum Gasteiger partial charge on any atom is -0.466 e. The molecule has 9 nitrogen and oxygen atoms in total. The van der Waals surface area contributed by atoms with E-state index in [0.717, 1.165) is 25.9 Å². The molecule has 0 bridgehead atoms. The van der Waals surface area contributed by atoms with Gasteiger partial charge in [-0.25, -0.2) is 9.59 Å². The van der Waals surface area contributed by atoms with Gasteiger partial charge in [0.1, 0.15) is 6.10 Å². The average Bonchev–Trinajstić information content (AvgIpc) is 2.99. The molecular formula is C32H43N3O6. The SMILES string of the molecule is CC.CC.COC(=O)C1=C(C)NC(C)=C(C(=O)OC2CCCN(Cc3ccccc3)C2)C1c1cccc([N+](=O)[O-])c1. The van der Waals surface area contributed by atoms with Crippen molar-refractivity contribution in [1.82, 2.24) is 10.2 Å². The minimum absolute atomic E-state index is 0.132. The molecule has 0 aromatic heterocycles. The molecule has 222 valence electrons. The highest BCUT2D eigenvalue weighted by atomic mass is 16.6. The van der Waals surface area contributed by atoms with Gasteiger partial charge in [0, 0.05) is 36.6 Å². The fourth-order valence-corrected chi connectivity index (χ4v) is 5.11. The van der Waals surface area contributed by atoms with E-state index in [0.29, 0.717) is 23.5 Å². The third kappa shape index (κ3) is 8.50. The molecule has 2 aliphatic heterocycles. The first kappa shape index (κ1) is 33.2. The largest absolute Gasteiger partial charge is 0.466 e. The van der Waals surface area contributed by atoms with Crippen molar-refractivity contribution in [2.75, 3.05) is 20.2 Å². The number of nitrogens with zero attached hydrogens (tertiary/aromatic N) is 2. The summed E-state index contributed by atoms with van der Waals surface area (Å²) in [5.41, 5.74) is 3.01. The Labute approximate surface area is 243 Å². The van der Waals surface area contributed by atoms with Crippen LogP contribution in [-0.4, -0.2) is 48.1 Å². The molecule has 1 saturated heterocycles. The van der Waals surface area contributed by atoms with Crippen molar-refractivity contribution in [3.63, 3.8) is 0 Å². The summed E-state index contributed by atoms with van der Waals surface area (Å²) in [5, 5.41) is 14.6. The smallest absolute Gasteiger partial charge is 0.337 e. The standard InChI is InChI=1S/C28H31N3O6.2C2H6/c1-18-24(27(32)36-3)26(21-11-7-12-22(15-21)31(34)35)25(19(2)29-18)28(33)37-23-13-8-14-30(17-23)16-20-9-5-4-6-10-20;2*1-2/h4-7,9-12,15,23,26,29H,8,13-14,16-17H2,1-3H3;2*1-2H3. The summed E-state index contributed by atoms with van der Waals surface area (Å²) >= 11 is 0. The number of allylic oxidation sites excluding steroid dienone is 2. The second-order valence-corrected chi connectivity index (χ2v) is 9.37.